The zero-order valence-electron chi connectivity index (χ0n) is 13.9. The fourth-order valence-electron chi connectivity index (χ4n) is 3.44. The first-order valence-corrected chi connectivity index (χ1v) is 8.43. The van der Waals surface area contributed by atoms with Gasteiger partial charge in [-0.25, -0.2) is 4.68 Å². The predicted octanol–water partition coefficient (Wildman–Crippen LogP) is 5.48. The molecule has 0 radical (unpaired) electrons. The summed E-state index contributed by atoms with van der Waals surface area (Å²) in [5.41, 5.74) is 6.62. The molecule has 0 bridgehead atoms. The summed E-state index contributed by atoms with van der Waals surface area (Å²) in [6.07, 6.45) is 0. The molecule has 3 heteroatoms. The van der Waals surface area contributed by atoms with Gasteiger partial charge in [-0.3, -0.25) is 0 Å². The molecule has 120 valence electrons. The van der Waals surface area contributed by atoms with E-state index in [0.717, 1.165) is 28.1 Å². The number of nitrogens with one attached hydrogen (secondary N) is 1. The second kappa shape index (κ2) is 5.35. The molecule has 0 saturated carbocycles. The molecule has 2 aromatic heterocycles. The second-order valence-corrected chi connectivity index (χ2v) is 6.36. The van der Waals surface area contributed by atoms with E-state index in [1.165, 1.54) is 16.3 Å². The minimum Gasteiger partial charge on any atom is -0.339 e. The SMILES string of the molecule is Cc1ccc2[nH]c3c(c(-c4ccccc4)nn3-c3ccccc3)c2c1. The van der Waals surface area contributed by atoms with E-state index in [2.05, 4.69) is 66.5 Å². The van der Waals surface area contributed by atoms with Crippen LogP contribution in [0, 0.1) is 6.92 Å². The van der Waals surface area contributed by atoms with Gasteiger partial charge in [0.1, 0.15) is 11.3 Å². The van der Waals surface area contributed by atoms with Gasteiger partial charge in [-0.15, -0.1) is 0 Å². The molecule has 5 aromatic rings. The number of fused-ring (bicyclic) bond motifs is 3. The van der Waals surface area contributed by atoms with Crippen LogP contribution in [0.3, 0.4) is 0 Å². The zero-order valence-corrected chi connectivity index (χ0v) is 13.9. The van der Waals surface area contributed by atoms with Crippen molar-refractivity contribution in [2.75, 3.05) is 0 Å². The molecule has 0 aliphatic carbocycles. The highest BCUT2D eigenvalue weighted by molar-refractivity contribution is 6.13. The Morgan fingerprint density at radius 1 is 0.840 bits per heavy atom. The highest BCUT2D eigenvalue weighted by Crippen LogP contribution is 2.35. The van der Waals surface area contributed by atoms with Gasteiger partial charge in [0, 0.05) is 16.5 Å². The number of rotatable bonds is 2. The zero-order chi connectivity index (χ0) is 16.8. The topological polar surface area (TPSA) is 33.6 Å². The first-order chi connectivity index (χ1) is 12.3. The van der Waals surface area contributed by atoms with Gasteiger partial charge >= 0.3 is 0 Å². The molecule has 0 unspecified atom stereocenters. The highest BCUT2D eigenvalue weighted by atomic mass is 15.3. The number of aromatic amines is 1. The van der Waals surface area contributed by atoms with E-state index in [1.54, 1.807) is 0 Å². The molecule has 0 amide bonds. The molecule has 25 heavy (non-hydrogen) atoms. The third-order valence-corrected chi connectivity index (χ3v) is 4.63. The quantitative estimate of drug-likeness (QED) is 0.458. The molecule has 0 aliphatic heterocycles. The van der Waals surface area contributed by atoms with Crippen molar-refractivity contribution in [3.05, 3.63) is 84.4 Å². The van der Waals surface area contributed by atoms with Crippen molar-refractivity contribution in [3.63, 3.8) is 0 Å². The van der Waals surface area contributed by atoms with Gasteiger partial charge in [-0.1, -0.05) is 60.2 Å². The molecule has 1 N–H and O–H groups in total. The minimum absolute atomic E-state index is 1.01. The summed E-state index contributed by atoms with van der Waals surface area (Å²) in [7, 11) is 0. The molecular weight excluding hydrogens is 306 g/mol. The Kier molecular flexibility index (Phi) is 3.01. The van der Waals surface area contributed by atoms with Gasteiger partial charge in [-0.2, -0.15) is 5.10 Å². The number of aromatic nitrogens is 3. The molecular formula is C22H17N3. The van der Waals surface area contributed by atoms with Crippen molar-refractivity contribution in [1.82, 2.24) is 14.8 Å². The van der Waals surface area contributed by atoms with Crippen LogP contribution in [0.25, 0.3) is 38.9 Å². The number of hydrogen-bond acceptors (Lipinski definition) is 1. The third kappa shape index (κ3) is 2.17. The second-order valence-electron chi connectivity index (χ2n) is 6.36. The molecule has 0 atom stereocenters. The fraction of sp³-hybridized carbons (Fsp3) is 0.0455. The number of hydrogen-bond donors (Lipinski definition) is 1. The van der Waals surface area contributed by atoms with Crippen molar-refractivity contribution < 1.29 is 0 Å². The van der Waals surface area contributed by atoms with Crippen LogP contribution in [0.15, 0.2) is 78.9 Å². The van der Waals surface area contributed by atoms with Crippen LogP contribution in [-0.2, 0) is 0 Å². The number of H-pyrrole nitrogens is 1. The number of nitrogens with zero attached hydrogens (tertiary/aromatic N) is 2. The third-order valence-electron chi connectivity index (χ3n) is 4.63. The van der Waals surface area contributed by atoms with Crippen LogP contribution in [0.4, 0.5) is 0 Å². The van der Waals surface area contributed by atoms with Gasteiger partial charge in [0.2, 0.25) is 0 Å². The Morgan fingerprint density at radius 2 is 1.56 bits per heavy atom. The molecule has 0 aliphatic rings. The Labute approximate surface area is 145 Å². The van der Waals surface area contributed by atoms with Gasteiger partial charge in [-0.05, 0) is 31.2 Å². The summed E-state index contributed by atoms with van der Waals surface area (Å²) in [6.45, 7) is 2.13. The minimum atomic E-state index is 1.01. The molecule has 5 rings (SSSR count). The summed E-state index contributed by atoms with van der Waals surface area (Å²) >= 11 is 0. The van der Waals surface area contributed by atoms with Crippen molar-refractivity contribution in [3.8, 4) is 16.9 Å². The number of para-hydroxylation sites is 1. The van der Waals surface area contributed by atoms with Crippen molar-refractivity contribution in [2.24, 2.45) is 0 Å². The molecule has 0 spiro atoms. The van der Waals surface area contributed by atoms with Gasteiger partial charge < -0.3 is 4.98 Å². The van der Waals surface area contributed by atoms with E-state index in [9.17, 15) is 0 Å². The Morgan fingerprint density at radius 3 is 2.32 bits per heavy atom. The molecule has 2 heterocycles. The Bertz CT molecular complexity index is 1180. The van der Waals surface area contributed by atoms with Crippen molar-refractivity contribution in [1.29, 1.82) is 0 Å². The van der Waals surface area contributed by atoms with E-state index >= 15 is 0 Å². The van der Waals surface area contributed by atoms with Crippen LogP contribution in [-0.4, -0.2) is 14.8 Å². The lowest BCUT2D eigenvalue weighted by Gasteiger charge is -2.02. The lowest BCUT2D eigenvalue weighted by atomic mass is 10.1. The molecule has 3 aromatic carbocycles. The normalized spacial score (nSPS) is 11.4. The lowest BCUT2D eigenvalue weighted by molar-refractivity contribution is 0.903. The maximum Gasteiger partial charge on any atom is 0.142 e. The molecule has 0 fully saturated rings. The average Bonchev–Trinajstić information content (AvgIpc) is 3.20. The van der Waals surface area contributed by atoms with Gasteiger partial charge in [0.15, 0.2) is 0 Å². The van der Waals surface area contributed by atoms with E-state index in [1.807, 2.05) is 28.9 Å². The monoisotopic (exact) mass is 323 g/mol. The molecule has 3 nitrogen and oxygen atoms in total. The van der Waals surface area contributed by atoms with E-state index < -0.39 is 0 Å². The summed E-state index contributed by atoms with van der Waals surface area (Å²) in [5.74, 6) is 0. The Hall–Kier alpha value is -3.33. The maximum atomic E-state index is 4.96. The van der Waals surface area contributed by atoms with E-state index in [0.29, 0.717) is 0 Å². The summed E-state index contributed by atoms with van der Waals surface area (Å²) < 4.78 is 2.01. The van der Waals surface area contributed by atoms with Crippen LogP contribution < -0.4 is 0 Å². The van der Waals surface area contributed by atoms with E-state index in [-0.39, 0.29) is 0 Å². The predicted molar refractivity (Wildman–Crippen MR) is 103 cm³/mol. The fourth-order valence-corrected chi connectivity index (χ4v) is 3.44. The maximum absolute atomic E-state index is 4.96. The number of benzene rings is 3. The largest absolute Gasteiger partial charge is 0.339 e. The lowest BCUT2D eigenvalue weighted by Crippen LogP contribution is -1.96. The Balaban J connectivity index is 1.92. The van der Waals surface area contributed by atoms with Crippen molar-refractivity contribution >= 4 is 21.9 Å². The average molecular weight is 323 g/mol. The van der Waals surface area contributed by atoms with Crippen LogP contribution in [0.2, 0.25) is 0 Å². The summed E-state index contributed by atoms with van der Waals surface area (Å²) in [5, 5.41) is 7.35. The van der Waals surface area contributed by atoms with Crippen LogP contribution in [0.1, 0.15) is 5.56 Å². The first-order valence-electron chi connectivity index (χ1n) is 8.43. The standard InChI is InChI=1S/C22H17N3/c1-15-12-13-19-18(14-15)20-21(16-8-4-2-5-9-16)24-25(22(20)23-19)17-10-6-3-7-11-17/h2-14,23H,1H3. The van der Waals surface area contributed by atoms with Gasteiger partial charge in [0.05, 0.1) is 11.1 Å². The van der Waals surface area contributed by atoms with Crippen molar-refractivity contribution in [2.45, 2.75) is 6.92 Å². The summed E-state index contributed by atoms with van der Waals surface area (Å²) in [4.78, 5) is 3.56. The number of aryl methyl sites for hydroxylation is 1. The highest BCUT2D eigenvalue weighted by Gasteiger charge is 2.18. The summed E-state index contributed by atoms with van der Waals surface area (Å²) in [6, 6.07) is 27.2. The smallest absolute Gasteiger partial charge is 0.142 e. The molecule has 0 saturated heterocycles. The first kappa shape index (κ1) is 14.1. The van der Waals surface area contributed by atoms with Crippen LogP contribution in [0.5, 0.6) is 0 Å². The van der Waals surface area contributed by atoms with E-state index in [4.69, 9.17) is 5.10 Å². The van der Waals surface area contributed by atoms with Gasteiger partial charge in [0.25, 0.3) is 0 Å². The van der Waals surface area contributed by atoms with Crippen LogP contribution >= 0.6 is 0 Å².